The van der Waals surface area contributed by atoms with E-state index in [1.165, 1.54) is 29.1 Å². The van der Waals surface area contributed by atoms with Gasteiger partial charge in [0, 0.05) is 4.47 Å². The summed E-state index contributed by atoms with van der Waals surface area (Å²) in [6, 6.07) is 12.2. The fourth-order valence-electron chi connectivity index (χ4n) is 3.84. The molecule has 1 aromatic heterocycles. The van der Waals surface area contributed by atoms with E-state index in [9.17, 15) is 9.59 Å². The molecular weight excluding hydrogens is 532 g/mol. The van der Waals surface area contributed by atoms with Crippen molar-refractivity contribution in [2.45, 2.75) is 13.0 Å². The second-order valence-corrected chi connectivity index (χ2v) is 9.56. The molecule has 0 saturated heterocycles. The van der Waals surface area contributed by atoms with Crippen LogP contribution in [-0.2, 0) is 9.53 Å². The Kier molecular flexibility index (Phi) is 7.37. The molecule has 2 heterocycles. The van der Waals surface area contributed by atoms with Crippen LogP contribution in [-0.4, -0.2) is 31.4 Å². The smallest absolute Gasteiger partial charge is 0.338 e. The fourth-order valence-corrected chi connectivity index (χ4v) is 5.15. The first-order valence-electron chi connectivity index (χ1n) is 10.7. The number of benzene rings is 2. The largest absolute Gasteiger partial charge is 0.493 e. The Labute approximate surface area is 214 Å². The lowest BCUT2D eigenvalue weighted by Gasteiger charge is -2.25. The van der Waals surface area contributed by atoms with Gasteiger partial charge in [0.25, 0.3) is 5.56 Å². The number of halogens is 1. The molecule has 0 fully saturated rings. The molecule has 1 aliphatic rings. The molecule has 180 valence electrons. The normalized spacial score (nSPS) is 15.3. The van der Waals surface area contributed by atoms with Gasteiger partial charge in [-0.3, -0.25) is 9.36 Å². The van der Waals surface area contributed by atoms with Crippen molar-refractivity contribution in [1.82, 2.24) is 4.57 Å². The Morgan fingerprint density at radius 3 is 2.54 bits per heavy atom. The molecule has 0 aliphatic carbocycles. The van der Waals surface area contributed by atoms with E-state index in [1.807, 2.05) is 30.3 Å². The summed E-state index contributed by atoms with van der Waals surface area (Å²) in [6.07, 6.45) is 3.31. The molecule has 3 aromatic rings. The van der Waals surface area contributed by atoms with Gasteiger partial charge < -0.3 is 14.2 Å². The predicted molar refractivity (Wildman–Crippen MR) is 139 cm³/mol. The highest BCUT2D eigenvalue weighted by molar-refractivity contribution is 9.10. The van der Waals surface area contributed by atoms with E-state index in [2.05, 4.69) is 27.5 Å². The van der Waals surface area contributed by atoms with Crippen LogP contribution in [0.2, 0.25) is 0 Å². The number of aromatic nitrogens is 1. The molecule has 0 spiro atoms. The lowest BCUT2D eigenvalue weighted by atomic mass is 9.95. The van der Waals surface area contributed by atoms with Gasteiger partial charge in [0.05, 0.1) is 36.1 Å². The molecule has 9 heteroatoms. The monoisotopic (exact) mass is 554 g/mol. The van der Waals surface area contributed by atoms with Gasteiger partial charge in [-0.1, -0.05) is 58.1 Å². The van der Waals surface area contributed by atoms with E-state index >= 15 is 0 Å². The molecule has 0 N–H and O–H groups in total. The molecule has 4 rings (SSSR count). The quantitative estimate of drug-likeness (QED) is 0.328. The molecule has 0 unspecified atom stereocenters. The Bertz CT molecular complexity index is 1500. The zero-order valence-corrected chi connectivity index (χ0v) is 21.8. The molecular formula is C26H23BrN2O5S. The standard InChI is InChI=1S/C26H23BrN2O5S/c1-5-12-34-25(31)22-15(2)28-26-29(23(22)17-8-11-19(32-3)20(14-17)33-4)24(30)21(35-26)13-16-6-9-18(27)10-7-16/h5-11,13-14,23H,1,12H2,2-4H3/b21-13+/t23-/m1/s1. The van der Waals surface area contributed by atoms with Crippen molar-refractivity contribution in [2.75, 3.05) is 20.8 Å². The maximum Gasteiger partial charge on any atom is 0.338 e. The highest BCUT2D eigenvalue weighted by atomic mass is 79.9. The first-order chi connectivity index (χ1) is 16.9. The Hall–Kier alpha value is -3.43. The summed E-state index contributed by atoms with van der Waals surface area (Å²) in [6.45, 7) is 5.39. The van der Waals surface area contributed by atoms with Crippen LogP contribution in [0.3, 0.4) is 0 Å². The van der Waals surface area contributed by atoms with Crippen molar-refractivity contribution in [3.63, 3.8) is 0 Å². The lowest BCUT2D eigenvalue weighted by Crippen LogP contribution is -2.40. The molecule has 2 aromatic carbocycles. The summed E-state index contributed by atoms with van der Waals surface area (Å²) in [5.74, 6) is 0.457. The number of fused-ring (bicyclic) bond motifs is 1. The molecule has 35 heavy (non-hydrogen) atoms. The average molecular weight is 555 g/mol. The van der Waals surface area contributed by atoms with E-state index in [0.717, 1.165) is 10.0 Å². The number of carbonyl (C=O) groups excluding carboxylic acids is 1. The number of esters is 1. The molecule has 7 nitrogen and oxygen atoms in total. The Morgan fingerprint density at radius 2 is 1.89 bits per heavy atom. The van der Waals surface area contributed by atoms with Gasteiger partial charge in [0.15, 0.2) is 16.3 Å². The zero-order valence-electron chi connectivity index (χ0n) is 19.4. The van der Waals surface area contributed by atoms with Crippen LogP contribution in [0.1, 0.15) is 24.1 Å². The summed E-state index contributed by atoms with van der Waals surface area (Å²) in [7, 11) is 3.08. The van der Waals surface area contributed by atoms with E-state index in [4.69, 9.17) is 14.2 Å². The summed E-state index contributed by atoms with van der Waals surface area (Å²) in [5, 5.41) is 0. The van der Waals surface area contributed by atoms with Gasteiger partial charge in [-0.15, -0.1) is 0 Å². The number of rotatable bonds is 7. The molecule has 1 aliphatic heterocycles. The van der Waals surface area contributed by atoms with Crippen LogP contribution < -0.4 is 24.4 Å². The summed E-state index contributed by atoms with van der Waals surface area (Å²) in [5.41, 5.74) is 2.05. The van der Waals surface area contributed by atoms with Crippen molar-refractivity contribution in [1.29, 1.82) is 0 Å². The number of thiazole rings is 1. The van der Waals surface area contributed by atoms with Crippen molar-refractivity contribution in [3.8, 4) is 11.5 Å². The number of ether oxygens (including phenoxy) is 3. The van der Waals surface area contributed by atoms with Gasteiger partial charge in [-0.25, -0.2) is 9.79 Å². The summed E-state index contributed by atoms with van der Waals surface area (Å²) < 4.78 is 19.2. The second kappa shape index (κ2) is 10.5. The highest BCUT2D eigenvalue weighted by Gasteiger charge is 2.34. The molecule has 1 atom stereocenters. The van der Waals surface area contributed by atoms with Gasteiger partial charge in [0.2, 0.25) is 0 Å². The van der Waals surface area contributed by atoms with Crippen LogP contribution in [0.4, 0.5) is 0 Å². The van der Waals surface area contributed by atoms with E-state index < -0.39 is 12.0 Å². The minimum atomic E-state index is -0.754. The third-order valence-electron chi connectivity index (χ3n) is 5.46. The first kappa shape index (κ1) is 24.7. The highest BCUT2D eigenvalue weighted by Crippen LogP contribution is 2.36. The van der Waals surface area contributed by atoms with E-state index in [1.54, 1.807) is 32.2 Å². The molecule has 0 bridgehead atoms. The van der Waals surface area contributed by atoms with Crippen molar-refractivity contribution in [3.05, 3.63) is 102 Å². The van der Waals surface area contributed by atoms with E-state index in [0.29, 0.717) is 32.1 Å². The van der Waals surface area contributed by atoms with Crippen molar-refractivity contribution in [2.24, 2.45) is 4.99 Å². The first-order valence-corrected chi connectivity index (χ1v) is 12.3. The zero-order chi connectivity index (χ0) is 25.1. The third kappa shape index (κ3) is 4.87. The second-order valence-electron chi connectivity index (χ2n) is 7.63. The molecule has 0 saturated carbocycles. The van der Waals surface area contributed by atoms with Gasteiger partial charge >= 0.3 is 5.97 Å². The number of carbonyl (C=O) groups is 1. The van der Waals surface area contributed by atoms with Gasteiger partial charge in [-0.05, 0) is 48.4 Å². The maximum atomic E-state index is 13.7. The Morgan fingerprint density at radius 1 is 1.17 bits per heavy atom. The van der Waals surface area contributed by atoms with Crippen LogP contribution in [0.5, 0.6) is 11.5 Å². The van der Waals surface area contributed by atoms with Crippen molar-refractivity contribution < 1.29 is 19.0 Å². The van der Waals surface area contributed by atoms with Crippen LogP contribution in [0.25, 0.3) is 6.08 Å². The predicted octanol–water partition coefficient (Wildman–Crippen LogP) is 3.74. The number of hydrogen-bond acceptors (Lipinski definition) is 7. The molecule has 0 amide bonds. The number of methoxy groups -OCH3 is 2. The number of allylic oxidation sites excluding steroid dienone is 1. The minimum absolute atomic E-state index is 0.0439. The number of hydrogen-bond donors (Lipinski definition) is 0. The van der Waals surface area contributed by atoms with Crippen molar-refractivity contribution >= 4 is 39.3 Å². The SMILES string of the molecule is C=CCOC(=O)C1=C(C)N=c2s/c(=C/c3ccc(Br)cc3)c(=O)n2[C@@H]1c1ccc(OC)c(OC)c1. The Balaban J connectivity index is 1.95. The van der Waals surface area contributed by atoms with E-state index in [-0.39, 0.29) is 17.7 Å². The van der Waals surface area contributed by atoms with Crippen LogP contribution >= 0.6 is 27.3 Å². The van der Waals surface area contributed by atoms with Gasteiger partial charge in [0.1, 0.15) is 6.61 Å². The average Bonchev–Trinajstić information content (AvgIpc) is 3.16. The third-order valence-corrected chi connectivity index (χ3v) is 6.98. The van der Waals surface area contributed by atoms with Gasteiger partial charge in [-0.2, -0.15) is 0 Å². The molecule has 0 radical (unpaired) electrons. The lowest BCUT2D eigenvalue weighted by molar-refractivity contribution is -0.138. The minimum Gasteiger partial charge on any atom is -0.493 e. The summed E-state index contributed by atoms with van der Waals surface area (Å²) in [4.78, 5) is 31.9. The topological polar surface area (TPSA) is 79.1 Å². The summed E-state index contributed by atoms with van der Waals surface area (Å²) >= 11 is 4.70. The number of nitrogens with zero attached hydrogens (tertiary/aromatic N) is 2. The van der Waals surface area contributed by atoms with Crippen LogP contribution in [0, 0.1) is 0 Å². The fraction of sp³-hybridized carbons (Fsp3) is 0.192. The maximum absolute atomic E-state index is 13.7. The van der Waals surface area contributed by atoms with Crippen LogP contribution in [0.15, 0.2) is 80.6 Å².